The molecule has 0 saturated carbocycles. The molecule has 0 spiro atoms. The number of β-amino-alcohol motifs (C(OH)–C–C–N with tert-alkyl or cyclic N) is 1. The van der Waals surface area contributed by atoms with Crippen LogP contribution in [0.25, 0.3) is 5.57 Å². The van der Waals surface area contributed by atoms with Gasteiger partial charge in [-0.15, -0.1) is 0 Å². The number of anilines is 1. The summed E-state index contributed by atoms with van der Waals surface area (Å²) in [5, 5.41) is 18.7. The lowest BCUT2D eigenvalue weighted by atomic mass is 9.95. The standard InChI is InChI=1S/C20H22N2O4/c1-14-11-15(13-26-16-7-3-2-4-8-16)17-9-5-6-10-18(17)22(14)12-19(23)20(24)21-25/h2-11,14,19,23,25H,12-13H2,1H3,(H,21,24)/t14?,19-/m1/s1. The van der Waals surface area contributed by atoms with Gasteiger partial charge in [-0.2, -0.15) is 0 Å². The number of hydrogen-bond donors (Lipinski definition) is 3. The molecule has 2 atom stereocenters. The fourth-order valence-corrected chi connectivity index (χ4v) is 3.10. The van der Waals surface area contributed by atoms with Crippen LogP contribution in [0.3, 0.4) is 0 Å². The Morgan fingerprint density at radius 2 is 1.88 bits per heavy atom. The van der Waals surface area contributed by atoms with Gasteiger partial charge in [0.05, 0.1) is 6.54 Å². The molecule has 1 heterocycles. The van der Waals surface area contributed by atoms with Crippen LogP contribution < -0.4 is 15.1 Å². The van der Waals surface area contributed by atoms with E-state index in [-0.39, 0.29) is 12.6 Å². The van der Waals surface area contributed by atoms with Crippen LogP contribution in [0.15, 0.2) is 60.7 Å². The van der Waals surface area contributed by atoms with E-state index in [9.17, 15) is 9.90 Å². The maximum atomic E-state index is 11.5. The van der Waals surface area contributed by atoms with E-state index in [1.165, 1.54) is 5.48 Å². The molecule has 6 heteroatoms. The first-order chi connectivity index (χ1) is 12.6. The third-order valence-corrected chi connectivity index (χ3v) is 4.41. The molecule has 0 radical (unpaired) electrons. The van der Waals surface area contributed by atoms with Gasteiger partial charge in [0, 0.05) is 17.3 Å². The van der Waals surface area contributed by atoms with Crippen molar-refractivity contribution >= 4 is 17.2 Å². The number of hydroxylamine groups is 1. The number of rotatable bonds is 6. The first kappa shape index (κ1) is 18.0. The molecule has 136 valence electrons. The Labute approximate surface area is 152 Å². The number of amides is 1. The van der Waals surface area contributed by atoms with Gasteiger partial charge in [-0.1, -0.05) is 42.5 Å². The molecule has 0 aliphatic carbocycles. The first-order valence-electron chi connectivity index (χ1n) is 8.46. The highest BCUT2D eigenvalue weighted by atomic mass is 16.5. The fourth-order valence-electron chi connectivity index (χ4n) is 3.10. The van der Waals surface area contributed by atoms with E-state index in [2.05, 4.69) is 6.08 Å². The van der Waals surface area contributed by atoms with Crippen LogP contribution in [0.1, 0.15) is 12.5 Å². The van der Waals surface area contributed by atoms with Gasteiger partial charge >= 0.3 is 0 Å². The summed E-state index contributed by atoms with van der Waals surface area (Å²) in [5.41, 5.74) is 4.45. The zero-order valence-corrected chi connectivity index (χ0v) is 14.5. The summed E-state index contributed by atoms with van der Waals surface area (Å²) >= 11 is 0. The number of aliphatic hydroxyl groups excluding tert-OH is 1. The lowest BCUT2D eigenvalue weighted by Crippen LogP contribution is -2.46. The second-order valence-electron chi connectivity index (χ2n) is 6.20. The highest BCUT2D eigenvalue weighted by Gasteiger charge is 2.27. The summed E-state index contributed by atoms with van der Waals surface area (Å²) in [7, 11) is 0. The smallest absolute Gasteiger partial charge is 0.273 e. The number of para-hydroxylation sites is 2. The van der Waals surface area contributed by atoms with Crippen LogP contribution in [-0.4, -0.2) is 41.5 Å². The van der Waals surface area contributed by atoms with Gasteiger partial charge in [-0.3, -0.25) is 10.0 Å². The van der Waals surface area contributed by atoms with E-state index in [0.29, 0.717) is 6.61 Å². The Kier molecular flexibility index (Phi) is 5.55. The fraction of sp³-hybridized carbons (Fsp3) is 0.250. The summed E-state index contributed by atoms with van der Waals surface area (Å²) in [6, 6.07) is 17.4. The van der Waals surface area contributed by atoms with Gasteiger partial charge in [0.15, 0.2) is 6.10 Å². The Balaban J connectivity index is 1.81. The van der Waals surface area contributed by atoms with E-state index >= 15 is 0 Å². The Morgan fingerprint density at radius 1 is 1.19 bits per heavy atom. The lowest BCUT2D eigenvalue weighted by Gasteiger charge is -2.37. The third-order valence-electron chi connectivity index (χ3n) is 4.41. The lowest BCUT2D eigenvalue weighted by molar-refractivity contribution is -0.137. The number of aliphatic hydroxyl groups is 1. The van der Waals surface area contributed by atoms with E-state index < -0.39 is 12.0 Å². The van der Waals surface area contributed by atoms with Gasteiger partial charge < -0.3 is 14.7 Å². The van der Waals surface area contributed by atoms with Crippen molar-refractivity contribution in [1.82, 2.24) is 5.48 Å². The molecular formula is C20H22N2O4. The van der Waals surface area contributed by atoms with Crippen LogP contribution in [0, 0.1) is 0 Å². The van der Waals surface area contributed by atoms with Crippen molar-refractivity contribution in [3.63, 3.8) is 0 Å². The summed E-state index contributed by atoms with van der Waals surface area (Å²) in [6.45, 7) is 2.49. The van der Waals surface area contributed by atoms with Gasteiger partial charge in [0.2, 0.25) is 0 Å². The highest BCUT2D eigenvalue weighted by Crippen LogP contribution is 2.34. The van der Waals surface area contributed by atoms with Crippen LogP contribution in [-0.2, 0) is 4.79 Å². The zero-order chi connectivity index (χ0) is 18.5. The number of ether oxygens (including phenoxy) is 1. The van der Waals surface area contributed by atoms with Crippen molar-refractivity contribution in [2.24, 2.45) is 0 Å². The van der Waals surface area contributed by atoms with Gasteiger partial charge in [-0.25, -0.2) is 5.48 Å². The third kappa shape index (κ3) is 3.87. The van der Waals surface area contributed by atoms with Gasteiger partial charge in [-0.05, 0) is 30.7 Å². The molecule has 6 nitrogen and oxygen atoms in total. The predicted octanol–water partition coefficient (Wildman–Crippen LogP) is 2.22. The Bertz CT molecular complexity index is 791. The number of carbonyl (C=O) groups is 1. The number of fused-ring (bicyclic) bond motifs is 1. The van der Waals surface area contributed by atoms with Gasteiger partial charge in [0.1, 0.15) is 12.4 Å². The van der Waals surface area contributed by atoms with E-state index in [4.69, 9.17) is 9.94 Å². The number of hydrogen-bond acceptors (Lipinski definition) is 5. The molecule has 1 aliphatic rings. The maximum absolute atomic E-state index is 11.5. The number of nitrogens with zero attached hydrogens (tertiary/aromatic N) is 1. The second kappa shape index (κ2) is 8.03. The topological polar surface area (TPSA) is 82.0 Å². The molecule has 1 amide bonds. The van der Waals surface area contributed by atoms with Crippen molar-refractivity contribution in [2.45, 2.75) is 19.1 Å². The summed E-state index contributed by atoms with van der Waals surface area (Å²) < 4.78 is 5.89. The van der Waals surface area contributed by atoms with E-state index in [1.54, 1.807) is 0 Å². The largest absolute Gasteiger partial charge is 0.489 e. The molecule has 2 aromatic rings. The maximum Gasteiger partial charge on any atom is 0.273 e. The van der Waals surface area contributed by atoms with Crippen LogP contribution in [0.5, 0.6) is 5.75 Å². The summed E-state index contributed by atoms with van der Waals surface area (Å²) in [4.78, 5) is 13.4. The normalized spacial score (nSPS) is 17.1. The molecule has 2 aromatic carbocycles. The zero-order valence-electron chi connectivity index (χ0n) is 14.5. The van der Waals surface area contributed by atoms with E-state index in [1.807, 2.05) is 66.4 Å². The van der Waals surface area contributed by atoms with Crippen LogP contribution in [0.2, 0.25) is 0 Å². The minimum Gasteiger partial charge on any atom is -0.489 e. The average molecular weight is 354 g/mol. The van der Waals surface area contributed by atoms with Crippen molar-refractivity contribution in [1.29, 1.82) is 0 Å². The van der Waals surface area contributed by atoms with Crippen molar-refractivity contribution in [3.05, 3.63) is 66.2 Å². The quantitative estimate of drug-likeness (QED) is 0.547. The van der Waals surface area contributed by atoms with Crippen molar-refractivity contribution in [3.8, 4) is 5.75 Å². The molecular weight excluding hydrogens is 332 g/mol. The van der Waals surface area contributed by atoms with Crippen LogP contribution in [0.4, 0.5) is 5.69 Å². The monoisotopic (exact) mass is 354 g/mol. The number of nitrogens with one attached hydrogen (secondary N) is 1. The molecule has 3 N–H and O–H groups in total. The minimum atomic E-state index is -1.33. The molecule has 0 bridgehead atoms. The minimum absolute atomic E-state index is 0.0413. The van der Waals surface area contributed by atoms with Crippen molar-refractivity contribution < 1.29 is 19.8 Å². The molecule has 0 aromatic heterocycles. The molecule has 0 saturated heterocycles. The average Bonchev–Trinajstić information content (AvgIpc) is 2.68. The van der Waals surface area contributed by atoms with E-state index in [0.717, 1.165) is 22.6 Å². The van der Waals surface area contributed by atoms with Crippen LogP contribution >= 0.6 is 0 Å². The molecule has 1 aliphatic heterocycles. The van der Waals surface area contributed by atoms with Gasteiger partial charge in [0.25, 0.3) is 5.91 Å². The van der Waals surface area contributed by atoms with Crippen molar-refractivity contribution in [2.75, 3.05) is 18.1 Å². The molecule has 26 heavy (non-hydrogen) atoms. The Morgan fingerprint density at radius 3 is 2.62 bits per heavy atom. The SMILES string of the molecule is CC1C=C(COc2ccccc2)c2ccccc2N1C[C@@H](O)C(=O)NO. The summed E-state index contributed by atoms with van der Waals surface area (Å²) in [5.74, 6) is -0.0205. The molecule has 1 unspecified atom stereocenters. The predicted molar refractivity (Wildman–Crippen MR) is 99.1 cm³/mol. The highest BCUT2D eigenvalue weighted by molar-refractivity contribution is 5.83. The molecule has 0 fully saturated rings. The first-order valence-corrected chi connectivity index (χ1v) is 8.46. The summed E-state index contributed by atoms with van der Waals surface area (Å²) in [6.07, 6.45) is 0.737. The number of carbonyl (C=O) groups excluding carboxylic acids is 1. The second-order valence-corrected chi connectivity index (χ2v) is 6.20. The molecule has 3 rings (SSSR count). The Hall–Kier alpha value is -2.83. The number of benzene rings is 2.